The van der Waals surface area contributed by atoms with Crippen molar-refractivity contribution < 1.29 is 0 Å². The number of pyridine rings is 1. The number of hydrogen-bond donors (Lipinski definition) is 2. The van der Waals surface area contributed by atoms with Gasteiger partial charge >= 0.3 is 0 Å². The van der Waals surface area contributed by atoms with Crippen molar-refractivity contribution in [3.63, 3.8) is 0 Å². The Labute approximate surface area is 169 Å². The highest BCUT2D eigenvalue weighted by Crippen LogP contribution is 2.42. The Hall–Kier alpha value is -3.73. The van der Waals surface area contributed by atoms with E-state index in [1.165, 1.54) is 5.56 Å². The van der Waals surface area contributed by atoms with Gasteiger partial charge < -0.3 is 10.6 Å². The summed E-state index contributed by atoms with van der Waals surface area (Å²) >= 11 is 0. The third-order valence-electron chi connectivity index (χ3n) is 5.07. The number of benzene rings is 2. The van der Waals surface area contributed by atoms with E-state index >= 15 is 0 Å². The number of nitrogens with one attached hydrogen (secondary N) is 2. The van der Waals surface area contributed by atoms with Gasteiger partial charge in [0.25, 0.3) is 0 Å². The Morgan fingerprint density at radius 2 is 1.69 bits per heavy atom. The molecule has 142 valence electrons. The van der Waals surface area contributed by atoms with Gasteiger partial charge in [0.1, 0.15) is 5.82 Å². The molecule has 1 aliphatic heterocycles. The van der Waals surface area contributed by atoms with Crippen molar-refractivity contribution in [3.8, 4) is 22.4 Å². The van der Waals surface area contributed by atoms with E-state index in [9.17, 15) is 0 Å². The summed E-state index contributed by atoms with van der Waals surface area (Å²) in [5.41, 5.74) is 7.20. The van der Waals surface area contributed by atoms with Gasteiger partial charge in [0.2, 0.25) is 5.95 Å². The highest BCUT2D eigenvalue weighted by molar-refractivity contribution is 5.95. The molecule has 0 bridgehead atoms. The minimum atomic E-state index is 0.571. The van der Waals surface area contributed by atoms with Gasteiger partial charge in [0, 0.05) is 40.5 Å². The zero-order valence-corrected chi connectivity index (χ0v) is 16.2. The van der Waals surface area contributed by atoms with Crippen LogP contribution in [-0.4, -0.2) is 15.0 Å². The van der Waals surface area contributed by atoms with E-state index < -0.39 is 0 Å². The van der Waals surface area contributed by atoms with Crippen LogP contribution in [0, 0.1) is 0 Å². The molecule has 0 unspecified atom stereocenters. The third-order valence-corrected chi connectivity index (χ3v) is 5.07. The van der Waals surface area contributed by atoms with E-state index in [0.717, 1.165) is 52.4 Å². The van der Waals surface area contributed by atoms with Crippen molar-refractivity contribution in [2.75, 3.05) is 10.6 Å². The molecule has 0 spiro atoms. The van der Waals surface area contributed by atoms with Gasteiger partial charge in [-0.05, 0) is 42.3 Å². The maximum Gasteiger partial charge on any atom is 0.227 e. The van der Waals surface area contributed by atoms with Gasteiger partial charge in [0.15, 0.2) is 0 Å². The van der Waals surface area contributed by atoms with E-state index in [1.807, 2.05) is 36.5 Å². The fourth-order valence-electron chi connectivity index (χ4n) is 3.67. The first-order chi connectivity index (χ1) is 14.3. The molecule has 0 saturated carbocycles. The highest BCUT2D eigenvalue weighted by atomic mass is 15.1. The molecule has 29 heavy (non-hydrogen) atoms. The molecular formula is C24H21N5. The van der Waals surface area contributed by atoms with E-state index in [4.69, 9.17) is 4.98 Å². The largest absolute Gasteiger partial charge is 0.339 e. The van der Waals surface area contributed by atoms with Crippen molar-refractivity contribution in [2.45, 2.75) is 19.8 Å². The summed E-state index contributed by atoms with van der Waals surface area (Å²) in [5.74, 6) is 1.37. The second-order valence-electron chi connectivity index (χ2n) is 7.10. The maximum absolute atomic E-state index is 4.87. The number of nitrogens with zero attached hydrogens (tertiary/aromatic N) is 3. The maximum atomic E-state index is 4.87. The Balaban J connectivity index is 1.57. The minimum absolute atomic E-state index is 0.571. The second kappa shape index (κ2) is 7.36. The molecule has 0 aliphatic carbocycles. The lowest BCUT2D eigenvalue weighted by molar-refractivity contribution is 0.922. The number of para-hydroxylation sites is 1. The lowest BCUT2D eigenvalue weighted by Gasteiger charge is -2.11. The minimum Gasteiger partial charge on any atom is -0.339 e. The van der Waals surface area contributed by atoms with E-state index in [1.54, 1.807) is 6.20 Å². The first-order valence-corrected chi connectivity index (χ1v) is 9.86. The third kappa shape index (κ3) is 3.31. The molecule has 0 amide bonds. The topological polar surface area (TPSA) is 62.7 Å². The molecule has 2 N–H and O–H groups in total. The molecule has 2 aromatic heterocycles. The van der Waals surface area contributed by atoms with Gasteiger partial charge in [-0.3, -0.25) is 0 Å². The van der Waals surface area contributed by atoms with Crippen LogP contribution in [0.5, 0.6) is 0 Å². The van der Waals surface area contributed by atoms with Crippen molar-refractivity contribution >= 4 is 23.1 Å². The molecule has 0 atom stereocenters. The summed E-state index contributed by atoms with van der Waals surface area (Å²) in [6.07, 6.45) is 5.91. The molecule has 5 rings (SSSR count). The van der Waals surface area contributed by atoms with Gasteiger partial charge in [-0.25, -0.2) is 15.0 Å². The molecule has 0 fully saturated rings. The van der Waals surface area contributed by atoms with Crippen molar-refractivity contribution in [1.82, 2.24) is 15.0 Å². The Bertz CT molecular complexity index is 1170. The monoisotopic (exact) mass is 379 g/mol. The summed E-state index contributed by atoms with van der Waals surface area (Å²) in [4.78, 5) is 14.0. The summed E-state index contributed by atoms with van der Waals surface area (Å²) in [5, 5.41) is 6.77. The average Bonchev–Trinajstić information content (AvgIpc) is 2.90. The quantitative estimate of drug-likeness (QED) is 0.403. The van der Waals surface area contributed by atoms with Crippen molar-refractivity contribution in [1.29, 1.82) is 0 Å². The molecule has 2 aromatic carbocycles. The number of aromatic nitrogens is 3. The smallest absolute Gasteiger partial charge is 0.227 e. The SMILES string of the molecule is CCCc1ccc(Nc2ncc3c(n2)-c2cccnc2Nc2ccccc2-3)cc1. The van der Waals surface area contributed by atoms with E-state index in [-0.39, 0.29) is 0 Å². The molecule has 0 saturated heterocycles. The van der Waals surface area contributed by atoms with E-state index in [2.05, 4.69) is 57.9 Å². The summed E-state index contributed by atoms with van der Waals surface area (Å²) in [7, 11) is 0. The Morgan fingerprint density at radius 1 is 0.862 bits per heavy atom. The van der Waals surface area contributed by atoms with Gasteiger partial charge in [-0.1, -0.05) is 43.7 Å². The van der Waals surface area contributed by atoms with Crippen LogP contribution in [-0.2, 0) is 6.42 Å². The van der Waals surface area contributed by atoms with Crippen LogP contribution in [0.3, 0.4) is 0 Å². The Morgan fingerprint density at radius 3 is 2.55 bits per heavy atom. The van der Waals surface area contributed by atoms with Crippen molar-refractivity contribution in [3.05, 3.63) is 78.6 Å². The van der Waals surface area contributed by atoms with Crippen LogP contribution >= 0.6 is 0 Å². The lowest BCUT2D eigenvalue weighted by Crippen LogP contribution is -2.00. The second-order valence-corrected chi connectivity index (χ2v) is 7.10. The molecule has 1 aliphatic rings. The van der Waals surface area contributed by atoms with Gasteiger partial charge in [-0.2, -0.15) is 0 Å². The van der Waals surface area contributed by atoms with Crippen LogP contribution in [0.4, 0.5) is 23.1 Å². The standard InChI is InChI=1S/C24H21N5/c1-2-6-16-10-12-17(13-11-16)27-24-26-15-20-18-7-3-4-9-21(18)28-23-19(22(20)29-24)8-5-14-25-23/h3-5,7-15H,2,6H2,1H3,(H,25,28)(H,26,27,29). The molecule has 3 heterocycles. The van der Waals surface area contributed by atoms with Crippen LogP contribution in [0.1, 0.15) is 18.9 Å². The number of hydrogen-bond acceptors (Lipinski definition) is 5. The number of anilines is 4. The number of fused-ring (bicyclic) bond motifs is 5. The summed E-state index contributed by atoms with van der Waals surface area (Å²) < 4.78 is 0. The summed E-state index contributed by atoms with van der Waals surface area (Å²) in [6, 6.07) is 20.6. The first-order valence-electron chi connectivity index (χ1n) is 9.86. The highest BCUT2D eigenvalue weighted by Gasteiger charge is 2.21. The van der Waals surface area contributed by atoms with Crippen LogP contribution in [0.25, 0.3) is 22.4 Å². The lowest BCUT2D eigenvalue weighted by atomic mass is 10.0. The number of aryl methyl sites for hydroxylation is 1. The summed E-state index contributed by atoms with van der Waals surface area (Å²) in [6.45, 7) is 2.19. The van der Waals surface area contributed by atoms with Gasteiger partial charge in [0.05, 0.1) is 5.69 Å². The molecule has 5 nitrogen and oxygen atoms in total. The van der Waals surface area contributed by atoms with Crippen molar-refractivity contribution in [2.24, 2.45) is 0 Å². The zero-order chi connectivity index (χ0) is 19.6. The Kier molecular flexibility index (Phi) is 4.41. The fraction of sp³-hybridized carbons (Fsp3) is 0.125. The molecule has 4 aromatic rings. The predicted molar refractivity (Wildman–Crippen MR) is 118 cm³/mol. The van der Waals surface area contributed by atoms with Crippen LogP contribution in [0.2, 0.25) is 0 Å². The van der Waals surface area contributed by atoms with E-state index in [0.29, 0.717) is 5.95 Å². The fourth-order valence-corrected chi connectivity index (χ4v) is 3.67. The average molecular weight is 379 g/mol. The van der Waals surface area contributed by atoms with Crippen LogP contribution < -0.4 is 10.6 Å². The number of rotatable bonds is 4. The predicted octanol–water partition coefficient (Wildman–Crippen LogP) is 5.96. The normalized spacial score (nSPS) is 11.5. The molecule has 0 radical (unpaired) electrons. The molecular weight excluding hydrogens is 358 g/mol. The zero-order valence-electron chi connectivity index (χ0n) is 16.2. The molecule has 5 heteroatoms. The van der Waals surface area contributed by atoms with Crippen LogP contribution in [0.15, 0.2) is 73.1 Å². The van der Waals surface area contributed by atoms with Gasteiger partial charge in [-0.15, -0.1) is 0 Å². The first kappa shape index (κ1) is 17.4.